The molecule has 0 aliphatic carbocycles. The first kappa shape index (κ1) is 9.66. The Morgan fingerprint density at radius 3 is 2.69 bits per heavy atom. The fraction of sp³-hybridized carbons (Fsp3) is 0.571. The maximum atomic E-state index is 11.2. The smallest absolute Gasteiger partial charge is 0.322 e. The molecule has 1 aromatic heterocycles. The number of amides is 1. The molecule has 0 bridgehead atoms. The summed E-state index contributed by atoms with van der Waals surface area (Å²) in [5.74, 6) is 0.258. The van der Waals surface area contributed by atoms with Gasteiger partial charge in [-0.25, -0.2) is 0 Å². The highest BCUT2D eigenvalue weighted by molar-refractivity contribution is 5.90. The lowest BCUT2D eigenvalue weighted by Crippen LogP contribution is -2.27. The van der Waals surface area contributed by atoms with Crippen molar-refractivity contribution in [1.82, 2.24) is 15.1 Å². The third-order valence-corrected chi connectivity index (χ3v) is 1.23. The van der Waals surface area contributed by atoms with Gasteiger partial charge >= 0.3 is 6.01 Å². The van der Waals surface area contributed by atoms with E-state index >= 15 is 0 Å². The van der Waals surface area contributed by atoms with Crippen molar-refractivity contribution in [2.45, 2.75) is 6.92 Å². The number of rotatable bonds is 3. The molecule has 13 heavy (non-hydrogen) atoms. The van der Waals surface area contributed by atoms with Crippen molar-refractivity contribution in [3.05, 3.63) is 5.89 Å². The Balaban J connectivity index is 2.45. The first-order valence-corrected chi connectivity index (χ1v) is 3.82. The molecule has 6 heteroatoms. The average molecular weight is 184 g/mol. The fourth-order valence-electron chi connectivity index (χ4n) is 0.793. The summed E-state index contributed by atoms with van der Waals surface area (Å²) in [4.78, 5) is 12.9. The largest absolute Gasteiger partial charge is 0.408 e. The molecule has 0 spiro atoms. The predicted octanol–water partition coefficient (Wildman–Crippen LogP) is -0.122. The van der Waals surface area contributed by atoms with Gasteiger partial charge in [-0.05, 0) is 14.1 Å². The summed E-state index contributed by atoms with van der Waals surface area (Å²) >= 11 is 0. The maximum absolute atomic E-state index is 11.2. The van der Waals surface area contributed by atoms with E-state index in [-0.39, 0.29) is 11.9 Å². The molecule has 1 N–H and O–H groups in total. The first-order chi connectivity index (χ1) is 6.08. The normalized spacial score (nSPS) is 10.5. The molecule has 1 heterocycles. The van der Waals surface area contributed by atoms with Gasteiger partial charge in [-0.1, -0.05) is 5.10 Å². The molecule has 72 valence electrons. The van der Waals surface area contributed by atoms with Crippen LogP contribution >= 0.6 is 0 Å². The number of nitrogens with zero attached hydrogens (tertiary/aromatic N) is 3. The zero-order chi connectivity index (χ0) is 9.84. The van der Waals surface area contributed by atoms with Crippen molar-refractivity contribution in [2.24, 2.45) is 0 Å². The van der Waals surface area contributed by atoms with Gasteiger partial charge in [0.25, 0.3) is 0 Å². The molecule has 6 nitrogen and oxygen atoms in total. The van der Waals surface area contributed by atoms with E-state index in [4.69, 9.17) is 4.42 Å². The van der Waals surface area contributed by atoms with Gasteiger partial charge < -0.3 is 9.32 Å². The molecule has 1 rings (SSSR count). The third-order valence-electron chi connectivity index (χ3n) is 1.23. The number of aromatic nitrogens is 2. The van der Waals surface area contributed by atoms with E-state index in [0.717, 1.165) is 0 Å². The lowest BCUT2D eigenvalue weighted by molar-refractivity contribution is -0.116. The number of likely N-dealkylation sites (N-methyl/N-ethyl adjacent to an activating group) is 1. The van der Waals surface area contributed by atoms with Crippen LogP contribution in [0.15, 0.2) is 4.42 Å². The van der Waals surface area contributed by atoms with Gasteiger partial charge in [-0.15, -0.1) is 5.10 Å². The van der Waals surface area contributed by atoms with Crippen LogP contribution in [0.2, 0.25) is 0 Å². The van der Waals surface area contributed by atoms with Crippen molar-refractivity contribution >= 4 is 11.9 Å². The number of carbonyl (C=O) groups is 1. The summed E-state index contributed by atoms with van der Waals surface area (Å²) in [6.07, 6.45) is 0. The highest BCUT2D eigenvalue weighted by Crippen LogP contribution is 2.02. The summed E-state index contributed by atoms with van der Waals surface area (Å²) in [5.41, 5.74) is 0. The van der Waals surface area contributed by atoms with E-state index in [0.29, 0.717) is 12.4 Å². The van der Waals surface area contributed by atoms with Crippen LogP contribution in [0.3, 0.4) is 0 Å². The Kier molecular flexibility index (Phi) is 2.97. The van der Waals surface area contributed by atoms with Crippen molar-refractivity contribution in [1.29, 1.82) is 0 Å². The molecule has 0 aliphatic heterocycles. The van der Waals surface area contributed by atoms with Crippen molar-refractivity contribution in [3.63, 3.8) is 0 Å². The van der Waals surface area contributed by atoms with Crippen LogP contribution in [0, 0.1) is 6.92 Å². The summed E-state index contributed by atoms with van der Waals surface area (Å²) < 4.78 is 4.96. The lowest BCUT2D eigenvalue weighted by Gasteiger charge is -2.06. The summed E-state index contributed by atoms with van der Waals surface area (Å²) in [7, 11) is 3.61. The van der Waals surface area contributed by atoms with E-state index < -0.39 is 0 Å². The van der Waals surface area contributed by atoms with Crippen molar-refractivity contribution < 1.29 is 9.21 Å². The minimum atomic E-state index is -0.173. The van der Waals surface area contributed by atoms with Gasteiger partial charge in [0.1, 0.15) is 0 Å². The van der Waals surface area contributed by atoms with E-state index in [1.807, 2.05) is 0 Å². The lowest BCUT2D eigenvalue weighted by atomic mass is 10.5. The molecule has 0 saturated carbocycles. The minimum Gasteiger partial charge on any atom is -0.408 e. The zero-order valence-electron chi connectivity index (χ0n) is 7.87. The molecular formula is C7H12N4O2. The average Bonchev–Trinajstić information content (AvgIpc) is 2.33. The maximum Gasteiger partial charge on any atom is 0.322 e. The number of hydrogen-bond donors (Lipinski definition) is 1. The van der Waals surface area contributed by atoms with Crippen LogP contribution in [0.1, 0.15) is 5.89 Å². The number of hydrogen-bond acceptors (Lipinski definition) is 5. The molecule has 0 unspecified atom stereocenters. The van der Waals surface area contributed by atoms with Gasteiger partial charge in [-0.2, -0.15) is 0 Å². The predicted molar refractivity (Wildman–Crippen MR) is 46.2 cm³/mol. The second-order valence-corrected chi connectivity index (χ2v) is 2.91. The number of nitrogens with one attached hydrogen (secondary N) is 1. The van der Waals surface area contributed by atoms with E-state index in [9.17, 15) is 4.79 Å². The Hall–Kier alpha value is -1.43. The number of aryl methyl sites for hydroxylation is 1. The monoisotopic (exact) mass is 184 g/mol. The van der Waals surface area contributed by atoms with Gasteiger partial charge in [0.2, 0.25) is 11.8 Å². The van der Waals surface area contributed by atoms with E-state index in [2.05, 4.69) is 15.5 Å². The third kappa shape index (κ3) is 3.20. The highest BCUT2D eigenvalue weighted by Gasteiger charge is 2.07. The molecule has 1 amide bonds. The van der Waals surface area contributed by atoms with Gasteiger partial charge in [0.05, 0.1) is 6.54 Å². The summed E-state index contributed by atoms with van der Waals surface area (Å²) in [6, 6.07) is 0.143. The van der Waals surface area contributed by atoms with E-state index in [1.54, 1.807) is 25.9 Å². The number of anilines is 1. The van der Waals surface area contributed by atoms with Crippen LogP contribution in [-0.2, 0) is 4.79 Å². The van der Waals surface area contributed by atoms with Gasteiger partial charge in [0, 0.05) is 6.92 Å². The van der Waals surface area contributed by atoms with Gasteiger partial charge in [0.15, 0.2) is 0 Å². The molecule has 0 fully saturated rings. The molecule has 0 radical (unpaired) electrons. The Labute approximate surface area is 75.9 Å². The van der Waals surface area contributed by atoms with Crippen LogP contribution in [0.5, 0.6) is 0 Å². The summed E-state index contributed by atoms with van der Waals surface area (Å²) in [5, 5.41) is 9.67. The first-order valence-electron chi connectivity index (χ1n) is 3.82. The molecule has 0 atom stereocenters. The minimum absolute atomic E-state index is 0.143. The van der Waals surface area contributed by atoms with Crippen LogP contribution in [0.4, 0.5) is 6.01 Å². The van der Waals surface area contributed by atoms with Crippen molar-refractivity contribution in [3.8, 4) is 0 Å². The van der Waals surface area contributed by atoms with Crippen molar-refractivity contribution in [2.75, 3.05) is 26.0 Å². The van der Waals surface area contributed by atoms with Crippen LogP contribution in [-0.4, -0.2) is 41.6 Å². The number of carbonyl (C=O) groups excluding carboxylic acids is 1. The Morgan fingerprint density at radius 2 is 2.23 bits per heavy atom. The Bertz CT molecular complexity index is 294. The standard InChI is InChI=1S/C7H12N4O2/c1-5-9-10-7(13-5)8-6(12)4-11(2)3/h4H2,1-3H3,(H,8,10,12). The molecule has 0 aliphatic rings. The molecule has 1 aromatic rings. The topological polar surface area (TPSA) is 71.3 Å². The van der Waals surface area contributed by atoms with Crippen LogP contribution in [0.25, 0.3) is 0 Å². The fourth-order valence-corrected chi connectivity index (χ4v) is 0.793. The Morgan fingerprint density at radius 1 is 1.54 bits per heavy atom. The second-order valence-electron chi connectivity index (χ2n) is 2.91. The van der Waals surface area contributed by atoms with Crippen LogP contribution < -0.4 is 5.32 Å². The van der Waals surface area contributed by atoms with Gasteiger partial charge in [-0.3, -0.25) is 10.1 Å². The molecule has 0 aromatic carbocycles. The highest BCUT2D eigenvalue weighted by atomic mass is 16.4. The molecule has 0 saturated heterocycles. The molecular weight excluding hydrogens is 172 g/mol. The zero-order valence-corrected chi connectivity index (χ0v) is 7.87. The van der Waals surface area contributed by atoms with E-state index in [1.165, 1.54) is 0 Å². The quantitative estimate of drug-likeness (QED) is 0.709. The SMILES string of the molecule is Cc1nnc(NC(=O)CN(C)C)o1. The second kappa shape index (κ2) is 3.99. The summed E-state index contributed by atoms with van der Waals surface area (Å²) in [6.45, 7) is 1.95.